The molecular formula is C13H17N3O3S. The minimum Gasteiger partial charge on any atom is -0.358 e. The van der Waals surface area contributed by atoms with Gasteiger partial charge in [0.2, 0.25) is 15.9 Å². The van der Waals surface area contributed by atoms with E-state index in [1.165, 1.54) is 13.1 Å². The minimum atomic E-state index is -3.75. The molecule has 108 valence electrons. The van der Waals surface area contributed by atoms with E-state index in [0.29, 0.717) is 11.1 Å². The van der Waals surface area contributed by atoms with E-state index < -0.39 is 15.9 Å². The Balaban J connectivity index is 3.07. The molecule has 1 aromatic carbocycles. The van der Waals surface area contributed by atoms with Gasteiger partial charge < -0.3 is 11.1 Å². The summed E-state index contributed by atoms with van der Waals surface area (Å²) in [6.45, 7) is 1.57. The number of hydrogen-bond acceptors (Lipinski definition) is 4. The topological polar surface area (TPSA) is 101 Å². The van der Waals surface area contributed by atoms with E-state index in [4.69, 9.17) is 5.73 Å². The molecule has 0 fully saturated rings. The number of likely N-dealkylation sites (N-methyl/N-ethyl adjacent to an activating group) is 1. The Labute approximate surface area is 118 Å². The number of aryl methyl sites for hydroxylation is 1. The Bertz CT molecular complexity index is 657. The molecule has 0 atom stereocenters. The number of benzene rings is 1. The van der Waals surface area contributed by atoms with E-state index >= 15 is 0 Å². The summed E-state index contributed by atoms with van der Waals surface area (Å²) in [7, 11) is -2.32. The zero-order valence-electron chi connectivity index (χ0n) is 11.4. The molecule has 0 heterocycles. The van der Waals surface area contributed by atoms with Gasteiger partial charge in [-0.2, -0.15) is 0 Å². The normalized spacial score (nSPS) is 10.6. The molecule has 7 heteroatoms. The monoisotopic (exact) mass is 295 g/mol. The van der Waals surface area contributed by atoms with E-state index in [2.05, 4.69) is 21.9 Å². The third-order valence-corrected chi connectivity index (χ3v) is 4.06. The second kappa shape index (κ2) is 7.05. The first kappa shape index (κ1) is 16.2. The molecule has 0 aliphatic rings. The van der Waals surface area contributed by atoms with Gasteiger partial charge in [0.1, 0.15) is 0 Å². The molecule has 0 aliphatic heterocycles. The quantitative estimate of drug-likeness (QED) is 0.641. The van der Waals surface area contributed by atoms with Gasteiger partial charge in [0.25, 0.3) is 0 Å². The van der Waals surface area contributed by atoms with Crippen molar-refractivity contribution in [3.63, 3.8) is 0 Å². The summed E-state index contributed by atoms with van der Waals surface area (Å²) in [5, 5.41) is 2.34. The number of carbonyl (C=O) groups excluding carboxylic acids is 1. The van der Waals surface area contributed by atoms with Crippen LogP contribution in [0.3, 0.4) is 0 Å². The highest BCUT2D eigenvalue weighted by Gasteiger charge is 2.17. The van der Waals surface area contributed by atoms with Crippen LogP contribution in [0.25, 0.3) is 0 Å². The smallest absolute Gasteiger partial charge is 0.241 e. The first-order valence-electron chi connectivity index (χ1n) is 5.90. The van der Waals surface area contributed by atoms with Crippen molar-refractivity contribution in [3.05, 3.63) is 29.3 Å². The van der Waals surface area contributed by atoms with Crippen LogP contribution in [0, 0.1) is 18.8 Å². The molecule has 0 saturated heterocycles. The minimum absolute atomic E-state index is 0.102. The maximum Gasteiger partial charge on any atom is 0.241 e. The van der Waals surface area contributed by atoms with Crippen LogP contribution in [0.4, 0.5) is 0 Å². The van der Waals surface area contributed by atoms with Crippen LogP contribution in [-0.4, -0.2) is 34.5 Å². The Morgan fingerprint density at radius 3 is 2.70 bits per heavy atom. The van der Waals surface area contributed by atoms with E-state index in [0.717, 1.165) is 0 Å². The van der Waals surface area contributed by atoms with E-state index in [1.54, 1.807) is 19.1 Å². The van der Waals surface area contributed by atoms with Crippen molar-refractivity contribution in [2.75, 3.05) is 20.1 Å². The first-order chi connectivity index (χ1) is 9.40. The molecular weight excluding hydrogens is 278 g/mol. The molecule has 1 aromatic rings. The predicted octanol–water partition coefficient (Wildman–Crippen LogP) is -0.670. The fraction of sp³-hybridized carbons (Fsp3) is 0.308. The van der Waals surface area contributed by atoms with Gasteiger partial charge in [-0.1, -0.05) is 17.9 Å². The highest BCUT2D eigenvalue weighted by atomic mass is 32.2. The van der Waals surface area contributed by atoms with Gasteiger partial charge in [-0.3, -0.25) is 4.79 Å². The number of rotatable bonds is 4. The van der Waals surface area contributed by atoms with Crippen LogP contribution in [0.1, 0.15) is 11.1 Å². The van der Waals surface area contributed by atoms with Gasteiger partial charge in [0, 0.05) is 12.6 Å². The zero-order chi connectivity index (χ0) is 15.2. The highest BCUT2D eigenvalue weighted by Crippen LogP contribution is 2.16. The second-order valence-electron chi connectivity index (χ2n) is 3.98. The lowest BCUT2D eigenvalue weighted by Crippen LogP contribution is -2.35. The number of carbonyl (C=O) groups is 1. The average molecular weight is 295 g/mol. The van der Waals surface area contributed by atoms with Crippen molar-refractivity contribution in [2.45, 2.75) is 11.8 Å². The van der Waals surface area contributed by atoms with Crippen LogP contribution in [0.15, 0.2) is 23.1 Å². The van der Waals surface area contributed by atoms with Gasteiger partial charge >= 0.3 is 0 Å². The lowest BCUT2D eigenvalue weighted by Gasteiger charge is -2.09. The van der Waals surface area contributed by atoms with Crippen LogP contribution < -0.4 is 15.8 Å². The van der Waals surface area contributed by atoms with Crippen LogP contribution in [0.2, 0.25) is 0 Å². The summed E-state index contributed by atoms with van der Waals surface area (Å²) < 4.78 is 26.5. The standard InChI is InChI=1S/C13H17N3O3S/c1-10-5-6-11(4-3-7-14)8-12(10)20(18,19)16-9-13(17)15-2/h5-6,8,16H,7,9,14H2,1-2H3,(H,15,17). The van der Waals surface area contributed by atoms with Crippen molar-refractivity contribution in [2.24, 2.45) is 5.73 Å². The summed E-state index contributed by atoms with van der Waals surface area (Å²) in [5.74, 6) is 5.02. The Morgan fingerprint density at radius 2 is 2.10 bits per heavy atom. The maximum absolute atomic E-state index is 12.1. The molecule has 0 unspecified atom stereocenters. The van der Waals surface area contributed by atoms with Gasteiger partial charge in [-0.25, -0.2) is 13.1 Å². The van der Waals surface area contributed by atoms with Crippen LogP contribution in [0.5, 0.6) is 0 Å². The van der Waals surface area contributed by atoms with E-state index in [-0.39, 0.29) is 18.0 Å². The molecule has 6 nitrogen and oxygen atoms in total. The van der Waals surface area contributed by atoms with Crippen molar-refractivity contribution in [3.8, 4) is 11.8 Å². The molecule has 0 aliphatic carbocycles. The first-order valence-corrected chi connectivity index (χ1v) is 7.39. The Morgan fingerprint density at radius 1 is 1.40 bits per heavy atom. The molecule has 0 spiro atoms. The number of hydrogen-bond donors (Lipinski definition) is 3. The molecule has 1 amide bonds. The Hall–Kier alpha value is -1.88. The maximum atomic E-state index is 12.1. The molecule has 4 N–H and O–H groups in total. The van der Waals surface area contributed by atoms with Crippen LogP contribution >= 0.6 is 0 Å². The van der Waals surface area contributed by atoms with E-state index in [9.17, 15) is 13.2 Å². The summed E-state index contributed by atoms with van der Waals surface area (Å²) in [5.41, 5.74) is 6.41. The van der Waals surface area contributed by atoms with E-state index in [1.807, 2.05) is 0 Å². The highest BCUT2D eigenvalue weighted by molar-refractivity contribution is 7.89. The van der Waals surface area contributed by atoms with Crippen molar-refractivity contribution < 1.29 is 13.2 Å². The average Bonchev–Trinajstić information content (AvgIpc) is 2.43. The molecule has 0 saturated carbocycles. The SMILES string of the molecule is CNC(=O)CNS(=O)(=O)c1cc(C#CCN)ccc1C. The van der Waals surface area contributed by atoms with Gasteiger partial charge in [-0.15, -0.1) is 0 Å². The summed E-state index contributed by atoms with van der Waals surface area (Å²) >= 11 is 0. The summed E-state index contributed by atoms with van der Waals surface area (Å²) in [4.78, 5) is 11.2. The zero-order valence-corrected chi connectivity index (χ0v) is 12.2. The molecule has 0 bridgehead atoms. The number of amides is 1. The molecule has 0 aromatic heterocycles. The lowest BCUT2D eigenvalue weighted by atomic mass is 10.1. The predicted molar refractivity (Wildman–Crippen MR) is 76.4 cm³/mol. The number of nitrogens with one attached hydrogen (secondary N) is 2. The van der Waals surface area contributed by atoms with Crippen LogP contribution in [-0.2, 0) is 14.8 Å². The Kier molecular flexibility index (Phi) is 5.70. The third kappa shape index (κ3) is 4.35. The summed E-state index contributed by atoms with van der Waals surface area (Å²) in [6, 6.07) is 4.84. The van der Waals surface area contributed by atoms with Gasteiger partial charge in [0.05, 0.1) is 18.0 Å². The number of nitrogens with two attached hydrogens (primary N) is 1. The summed E-state index contributed by atoms with van der Waals surface area (Å²) in [6.07, 6.45) is 0. The molecule has 20 heavy (non-hydrogen) atoms. The lowest BCUT2D eigenvalue weighted by molar-refractivity contribution is -0.119. The third-order valence-electron chi connectivity index (χ3n) is 2.51. The largest absolute Gasteiger partial charge is 0.358 e. The van der Waals surface area contributed by atoms with Crippen molar-refractivity contribution >= 4 is 15.9 Å². The fourth-order valence-electron chi connectivity index (χ4n) is 1.45. The van der Waals surface area contributed by atoms with Crippen molar-refractivity contribution in [1.29, 1.82) is 0 Å². The fourth-order valence-corrected chi connectivity index (χ4v) is 2.70. The van der Waals surface area contributed by atoms with Gasteiger partial charge in [-0.05, 0) is 24.6 Å². The second-order valence-corrected chi connectivity index (χ2v) is 5.72. The van der Waals surface area contributed by atoms with Gasteiger partial charge in [0.15, 0.2) is 0 Å². The van der Waals surface area contributed by atoms with Crippen molar-refractivity contribution in [1.82, 2.24) is 10.0 Å². The molecule has 0 radical (unpaired) electrons. The number of sulfonamides is 1. The molecule has 1 rings (SSSR count).